The standard InChI is InChI=1S/C25H32N4O6S/c1-18-6-9-21(13-19(18)2)29(36(3,32)33)16-24(30)28-27-14-20-7-10-22(11-8-20)35-17-25(31)26-15-23-5-4-12-34-23/h6-11,13-14,23H,4-5,12,15-17H2,1-3H3,(H,26,31)(H,28,30)/b27-14-/t23-/m1/s1. The summed E-state index contributed by atoms with van der Waals surface area (Å²) in [6, 6.07) is 12.0. The van der Waals surface area contributed by atoms with Gasteiger partial charge in [0, 0.05) is 13.2 Å². The normalized spacial score (nSPS) is 15.6. The molecule has 194 valence electrons. The van der Waals surface area contributed by atoms with Crippen LogP contribution in [0.3, 0.4) is 0 Å². The number of amides is 2. The zero-order valence-corrected chi connectivity index (χ0v) is 21.5. The highest BCUT2D eigenvalue weighted by Gasteiger charge is 2.21. The first-order chi connectivity index (χ1) is 17.1. The molecule has 0 unspecified atom stereocenters. The summed E-state index contributed by atoms with van der Waals surface area (Å²) in [5.74, 6) is -0.285. The number of hydrogen-bond donors (Lipinski definition) is 2. The first kappa shape index (κ1) is 27.2. The molecule has 1 heterocycles. The lowest BCUT2D eigenvalue weighted by Crippen LogP contribution is -2.39. The minimum Gasteiger partial charge on any atom is -0.484 e. The molecule has 2 amide bonds. The summed E-state index contributed by atoms with van der Waals surface area (Å²) >= 11 is 0. The molecule has 2 aromatic carbocycles. The molecule has 0 saturated carbocycles. The number of nitrogens with one attached hydrogen (secondary N) is 2. The lowest BCUT2D eigenvalue weighted by molar-refractivity contribution is -0.123. The van der Waals surface area contributed by atoms with Crippen molar-refractivity contribution in [2.24, 2.45) is 5.10 Å². The van der Waals surface area contributed by atoms with Crippen molar-refractivity contribution in [1.82, 2.24) is 10.7 Å². The number of hydrazone groups is 1. The van der Waals surface area contributed by atoms with Gasteiger partial charge >= 0.3 is 0 Å². The van der Waals surface area contributed by atoms with Gasteiger partial charge in [-0.2, -0.15) is 5.10 Å². The molecule has 0 bridgehead atoms. The van der Waals surface area contributed by atoms with E-state index in [1.54, 1.807) is 36.4 Å². The van der Waals surface area contributed by atoms with Crippen molar-refractivity contribution >= 4 is 33.7 Å². The molecule has 1 aliphatic rings. The van der Waals surface area contributed by atoms with Gasteiger partial charge in [0.05, 0.1) is 24.3 Å². The van der Waals surface area contributed by atoms with E-state index in [-0.39, 0.29) is 18.6 Å². The van der Waals surface area contributed by atoms with Crippen LogP contribution in [0, 0.1) is 13.8 Å². The average molecular weight is 517 g/mol. The molecule has 1 fully saturated rings. The van der Waals surface area contributed by atoms with E-state index in [1.807, 2.05) is 19.9 Å². The van der Waals surface area contributed by atoms with E-state index in [1.165, 1.54) is 6.21 Å². The molecule has 36 heavy (non-hydrogen) atoms. The second-order valence-electron chi connectivity index (χ2n) is 8.63. The van der Waals surface area contributed by atoms with Gasteiger partial charge in [-0.05, 0) is 79.8 Å². The predicted molar refractivity (Wildman–Crippen MR) is 138 cm³/mol. The van der Waals surface area contributed by atoms with Crippen LogP contribution in [0.4, 0.5) is 5.69 Å². The highest BCUT2D eigenvalue weighted by atomic mass is 32.2. The van der Waals surface area contributed by atoms with E-state index in [0.717, 1.165) is 41.1 Å². The van der Waals surface area contributed by atoms with E-state index >= 15 is 0 Å². The third kappa shape index (κ3) is 8.35. The number of nitrogens with zero attached hydrogens (tertiary/aromatic N) is 2. The maximum Gasteiger partial charge on any atom is 0.260 e. The van der Waals surface area contributed by atoms with Gasteiger partial charge in [-0.3, -0.25) is 13.9 Å². The summed E-state index contributed by atoms with van der Waals surface area (Å²) in [6.07, 6.45) is 4.52. The lowest BCUT2D eigenvalue weighted by atomic mass is 10.1. The van der Waals surface area contributed by atoms with Crippen molar-refractivity contribution in [3.05, 3.63) is 59.2 Å². The van der Waals surface area contributed by atoms with Crippen molar-refractivity contribution in [3.63, 3.8) is 0 Å². The maximum absolute atomic E-state index is 12.4. The number of carbonyl (C=O) groups excluding carboxylic acids is 2. The first-order valence-electron chi connectivity index (χ1n) is 11.6. The summed E-state index contributed by atoms with van der Waals surface area (Å²) in [5.41, 5.74) is 5.39. The van der Waals surface area contributed by atoms with Gasteiger partial charge < -0.3 is 14.8 Å². The highest BCUT2D eigenvalue weighted by molar-refractivity contribution is 7.92. The van der Waals surface area contributed by atoms with Gasteiger partial charge in [0.25, 0.3) is 11.8 Å². The topological polar surface area (TPSA) is 126 Å². The van der Waals surface area contributed by atoms with Gasteiger partial charge in [0.15, 0.2) is 6.61 Å². The lowest BCUT2D eigenvalue weighted by Gasteiger charge is -2.22. The van der Waals surface area contributed by atoms with Gasteiger partial charge in [-0.1, -0.05) is 6.07 Å². The quantitative estimate of drug-likeness (QED) is 0.347. The maximum atomic E-state index is 12.4. The molecular weight excluding hydrogens is 484 g/mol. The second-order valence-corrected chi connectivity index (χ2v) is 10.5. The van der Waals surface area contributed by atoms with Crippen LogP contribution in [-0.4, -0.2) is 65.1 Å². The molecular formula is C25H32N4O6S. The Kier molecular flexibility index (Phi) is 9.43. The summed E-state index contributed by atoms with van der Waals surface area (Å²) < 4.78 is 36.5. The van der Waals surface area contributed by atoms with E-state index in [2.05, 4.69) is 15.8 Å². The van der Waals surface area contributed by atoms with Crippen LogP contribution in [0.5, 0.6) is 5.75 Å². The van der Waals surface area contributed by atoms with Crippen LogP contribution in [-0.2, 0) is 24.3 Å². The minimum atomic E-state index is -3.67. The number of sulfonamides is 1. The fraction of sp³-hybridized carbons (Fsp3) is 0.400. The number of carbonyl (C=O) groups is 2. The minimum absolute atomic E-state index is 0.0780. The van der Waals surface area contributed by atoms with Crippen LogP contribution < -0.4 is 19.8 Å². The van der Waals surface area contributed by atoms with Crippen LogP contribution >= 0.6 is 0 Å². The molecule has 0 radical (unpaired) electrons. The molecule has 0 aromatic heterocycles. The summed E-state index contributed by atoms with van der Waals surface area (Å²) in [4.78, 5) is 24.3. The third-order valence-electron chi connectivity index (χ3n) is 5.67. The zero-order chi connectivity index (χ0) is 26.1. The SMILES string of the molecule is Cc1ccc(N(CC(=O)N/N=C\c2ccc(OCC(=O)NC[C@H]3CCCO3)cc2)S(C)(=O)=O)cc1C. The number of benzene rings is 2. The molecule has 1 saturated heterocycles. The average Bonchev–Trinajstić information content (AvgIpc) is 3.36. The zero-order valence-electron chi connectivity index (χ0n) is 20.7. The van der Waals surface area contributed by atoms with Gasteiger partial charge in [-0.15, -0.1) is 0 Å². The third-order valence-corrected chi connectivity index (χ3v) is 6.81. The predicted octanol–water partition coefficient (Wildman–Crippen LogP) is 1.89. The van der Waals surface area contributed by atoms with Crippen molar-refractivity contribution in [3.8, 4) is 5.75 Å². The summed E-state index contributed by atoms with van der Waals surface area (Å²) in [7, 11) is -3.67. The molecule has 3 rings (SSSR count). The Labute approximate surface area is 211 Å². The fourth-order valence-corrected chi connectivity index (χ4v) is 4.36. The highest BCUT2D eigenvalue weighted by Crippen LogP contribution is 2.21. The fourth-order valence-electron chi connectivity index (χ4n) is 3.51. The van der Waals surface area contributed by atoms with Gasteiger partial charge in [0.2, 0.25) is 10.0 Å². The van der Waals surface area contributed by atoms with E-state index in [0.29, 0.717) is 23.5 Å². The summed E-state index contributed by atoms with van der Waals surface area (Å²) in [5, 5.41) is 6.70. The number of aryl methyl sites for hydroxylation is 2. The Hall–Kier alpha value is -3.44. The molecule has 0 aliphatic carbocycles. The Morgan fingerprint density at radius 3 is 2.53 bits per heavy atom. The number of hydrogen-bond acceptors (Lipinski definition) is 7. The molecule has 11 heteroatoms. The monoisotopic (exact) mass is 516 g/mol. The Morgan fingerprint density at radius 2 is 1.89 bits per heavy atom. The molecule has 1 atom stereocenters. The Bertz CT molecular complexity index is 1190. The molecule has 0 spiro atoms. The number of anilines is 1. The van der Waals surface area contributed by atoms with Crippen molar-refractivity contribution in [2.45, 2.75) is 32.8 Å². The smallest absolute Gasteiger partial charge is 0.260 e. The Balaban J connectivity index is 1.47. The Morgan fingerprint density at radius 1 is 1.14 bits per heavy atom. The van der Waals surface area contributed by atoms with E-state index in [4.69, 9.17) is 9.47 Å². The van der Waals surface area contributed by atoms with E-state index < -0.39 is 22.5 Å². The number of ether oxygens (including phenoxy) is 2. The molecule has 2 N–H and O–H groups in total. The first-order valence-corrected chi connectivity index (χ1v) is 13.4. The molecule has 2 aromatic rings. The van der Waals surface area contributed by atoms with Crippen LogP contribution in [0.15, 0.2) is 47.6 Å². The van der Waals surface area contributed by atoms with E-state index in [9.17, 15) is 18.0 Å². The van der Waals surface area contributed by atoms with Gasteiger partial charge in [-0.25, -0.2) is 13.8 Å². The number of rotatable bonds is 11. The summed E-state index contributed by atoms with van der Waals surface area (Å²) in [6.45, 7) is 4.52. The van der Waals surface area contributed by atoms with Crippen LogP contribution in [0.1, 0.15) is 29.5 Å². The largest absolute Gasteiger partial charge is 0.484 e. The molecule has 1 aliphatic heterocycles. The van der Waals surface area contributed by atoms with Crippen molar-refractivity contribution < 1.29 is 27.5 Å². The second kappa shape index (κ2) is 12.5. The van der Waals surface area contributed by atoms with Crippen LogP contribution in [0.25, 0.3) is 0 Å². The van der Waals surface area contributed by atoms with Crippen molar-refractivity contribution in [2.75, 3.05) is 36.9 Å². The molecule has 10 nitrogen and oxygen atoms in total. The van der Waals surface area contributed by atoms with Gasteiger partial charge in [0.1, 0.15) is 12.3 Å². The van der Waals surface area contributed by atoms with Crippen molar-refractivity contribution in [1.29, 1.82) is 0 Å². The van der Waals surface area contributed by atoms with Crippen LogP contribution in [0.2, 0.25) is 0 Å².